The highest BCUT2D eigenvalue weighted by Crippen LogP contribution is 2.30. The topological polar surface area (TPSA) is 73.3 Å². The van der Waals surface area contributed by atoms with E-state index in [1.165, 1.54) is 18.0 Å². The van der Waals surface area contributed by atoms with Crippen LogP contribution in [0.3, 0.4) is 0 Å². The van der Waals surface area contributed by atoms with Crippen molar-refractivity contribution in [2.24, 2.45) is 0 Å². The van der Waals surface area contributed by atoms with E-state index in [1.54, 1.807) is 18.2 Å². The van der Waals surface area contributed by atoms with Gasteiger partial charge < -0.3 is 14.5 Å². The van der Waals surface area contributed by atoms with Crippen molar-refractivity contribution in [1.29, 1.82) is 0 Å². The van der Waals surface area contributed by atoms with Crippen molar-refractivity contribution in [3.8, 4) is 0 Å². The predicted molar refractivity (Wildman–Crippen MR) is 98.7 cm³/mol. The highest BCUT2D eigenvalue weighted by molar-refractivity contribution is 7.99. The summed E-state index contributed by atoms with van der Waals surface area (Å²) >= 11 is 1.28. The van der Waals surface area contributed by atoms with Gasteiger partial charge in [-0.05, 0) is 42.8 Å². The number of amides is 1. The maximum absolute atomic E-state index is 12.4. The first kappa shape index (κ1) is 16.9. The largest absolute Gasteiger partial charge is 0.618 e. The van der Waals surface area contributed by atoms with Crippen LogP contribution in [-0.4, -0.2) is 34.6 Å². The van der Waals surface area contributed by atoms with Crippen LogP contribution in [0.25, 0.3) is 11.1 Å². The van der Waals surface area contributed by atoms with Crippen LogP contribution in [0.5, 0.6) is 0 Å². The molecule has 1 aromatic carbocycles. The van der Waals surface area contributed by atoms with Gasteiger partial charge in [-0.25, -0.2) is 4.98 Å². The maximum atomic E-state index is 12.4. The number of hydrogen-bond acceptors (Lipinski definition) is 5. The van der Waals surface area contributed by atoms with Crippen molar-refractivity contribution in [2.45, 2.75) is 23.8 Å². The van der Waals surface area contributed by atoms with Gasteiger partial charge in [0.1, 0.15) is 5.52 Å². The number of aromatic nitrogens is 2. The van der Waals surface area contributed by atoms with E-state index in [9.17, 15) is 10.0 Å². The number of hydrogen-bond donors (Lipinski definition) is 0. The van der Waals surface area contributed by atoms with Gasteiger partial charge in [0, 0.05) is 31.1 Å². The molecule has 134 valence electrons. The molecule has 3 aromatic rings. The zero-order chi connectivity index (χ0) is 17.9. The lowest BCUT2D eigenvalue weighted by Gasteiger charge is -2.30. The van der Waals surface area contributed by atoms with Crippen LogP contribution in [-0.2, 0) is 4.79 Å². The summed E-state index contributed by atoms with van der Waals surface area (Å²) in [4.78, 5) is 18.9. The molecule has 1 aliphatic heterocycles. The molecule has 1 aliphatic rings. The Morgan fingerprint density at radius 3 is 2.77 bits per heavy atom. The minimum atomic E-state index is 0.0647. The Labute approximate surface area is 155 Å². The van der Waals surface area contributed by atoms with Gasteiger partial charge >= 0.3 is 0 Å². The highest BCUT2D eigenvalue weighted by atomic mass is 32.2. The van der Waals surface area contributed by atoms with Crippen molar-refractivity contribution in [2.75, 3.05) is 18.8 Å². The van der Waals surface area contributed by atoms with Crippen molar-refractivity contribution >= 4 is 28.8 Å². The van der Waals surface area contributed by atoms with Crippen molar-refractivity contribution in [1.82, 2.24) is 9.88 Å². The first-order valence-electron chi connectivity index (χ1n) is 8.65. The monoisotopic (exact) mass is 369 g/mol. The van der Waals surface area contributed by atoms with E-state index in [-0.39, 0.29) is 17.6 Å². The third-order valence-electron chi connectivity index (χ3n) is 4.64. The van der Waals surface area contributed by atoms with Gasteiger partial charge in [-0.15, -0.1) is 0 Å². The Bertz CT molecular complexity index is 886. The molecule has 2 aromatic heterocycles. The summed E-state index contributed by atoms with van der Waals surface area (Å²) < 4.78 is 6.65. The standard InChI is InChI=1S/C19H19N3O3S/c23-17(13-26-18-7-3-4-10-22(18)24)21-11-8-14(9-12-21)19-20-15-5-1-2-6-16(15)25-19/h1-7,10,14H,8-9,11-13H2. The van der Waals surface area contributed by atoms with Crippen LogP contribution in [0.2, 0.25) is 0 Å². The van der Waals surface area contributed by atoms with Gasteiger partial charge in [0.15, 0.2) is 17.7 Å². The zero-order valence-electron chi connectivity index (χ0n) is 14.2. The number of likely N-dealkylation sites (tertiary alicyclic amines) is 1. The smallest absolute Gasteiger partial charge is 0.251 e. The lowest BCUT2D eigenvalue weighted by molar-refractivity contribution is -0.645. The molecule has 0 spiro atoms. The molecule has 0 saturated carbocycles. The minimum absolute atomic E-state index is 0.0647. The number of fused-ring (bicyclic) bond motifs is 1. The Morgan fingerprint density at radius 2 is 2.00 bits per heavy atom. The third-order valence-corrected chi connectivity index (χ3v) is 5.64. The van der Waals surface area contributed by atoms with E-state index in [0.29, 0.717) is 18.1 Å². The number of oxazole rings is 1. The summed E-state index contributed by atoms with van der Waals surface area (Å²) in [5.74, 6) is 1.36. The fraction of sp³-hybridized carbons (Fsp3) is 0.316. The third kappa shape index (κ3) is 3.53. The van der Waals surface area contributed by atoms with Crippen LogP contribution in [0.4, 0.5) is 0 Å². The molecule has 0 unspecified atom stereocenters. The lowest BCUT2D eigenvalue weighted by Crippen LogP contribution is -2.39. The summed E-state index contributed by atoms with van der Waals surface area (Å²) in [5.41, 5.74) is 1.69. The minimum Gasteiger partial charge on any atom is -0.618 e. The molecule has 0 atom stereocenters. The van der Waals surface area contributed by atoms with Crippen LogP contribution in [0.15, 0.2) is 58.1 Å². The number of thioether (sulfide) groups is 1. The summed E-state index contributed by atoms with van der Waals surface area (Å²) in [6, 6.07) is 13.0. The Kier molecular flexibility index (Phi) is 4.79. The number of rotatable bonds is 4. The van der Waals surface area contributed by atoms with Crippen molar-refractivity contribution < 1.29 is 13.9 Å². The molecule has 0 bridgehead atoms. The summed E-state index contributed by atoms with van der Waals surface area (Å²) in [7, 11) is 0. The number of piperidine rings is 1. The first-order valence-corrected chi connectivity index (χ1v) is 9.63. The number of carbonyl (C=O) groups is 1. The first-order chi connectivity index (χ1) is 12.7. The van der Waals surface area contributed by atoms with E-state index in [2.05, 4.69) is 4.98 Å². The number of benzene rings is 1. The van der Waals surface area contributed by atoms with Gasteiger partial charge in [0.25, 0.3) is 5.03 Å². The molecule has 1 saturated heterocycles. The molecule has 0 aliphatic carbocycles. The number of pyridine rings is 1. The number of carbonyl (C=O) groups excluding carboxylic acids is 1. The molecular formula is C19H19N3O3S. The second-order valence-electron chi connectivity index (χ2n) is 6.33. The van der Waals surface area contributed by atoms with E-state index < -0.39 is 0 Å². The van der Waals surface area contributed by atoms with E-state index in [0.717, 1.165) is 34.6 Å². The van der Waals surface area contributed by atoms with Gasteiger partial charge in [-0.3, -0.25) is 4.79 Å². The van der Waals surface area contributed by atoms with Crippen LogP contribution in [0, 0.1) is 5.21 Å². The highest BCUT2D eigenvalue weighted by Gasteiger charge is 2.27. The predicted octanol–water partition coefficient (Wildman–Crippen LogP) is 2.96. The molecule has 0 radical (unpaired) electrons. The Hall–Kier alpha value is -2.54. The second-order valence-corrected chi connectivity index (χ2v) is 7.32. The number of para-hydroxylation sites is 2. The van der Waals surface area contributed by atoms with Gasteiger partial charge in [-0.2, -0.15) is 4.73 Å². The zero-order valence-corrected chi connectivity index (χ0v) is 15.0. The van der Waals surface area contributed by atoms with E-state index in [4.69, 9.17) is 4.42 Å². The molecule has 0 N–H and O–H groups in total. The second kappa shape index (κ2) is 7.37. The molecule has 4 rings (SSSR count). The molecule has 1 fully saturated rings. The van der Waals surface area contributed by atoms with Gasteiger partial charge in [0.2, 0.25) is 5.91 Å². The summed E-state index contributed by atoms with van der Waals surface area (Å²) in [5, 5.41) is 12.2. The molecule has 26 heavy (non-hydrogen) atoms. The average Bonchev–Trinajstić information content (AvgIpc) is 3.11. The van der Waals surface area contributed by atoms with Crippen molar-refractivity contribution in [3.63, 3.8) is 0 Å². The van der Waals surface area contributed by atoms with E-state index >= 15 is 0 Å². The van der Waals surface area contributed by atoms with Crippen molar-refractivity contribution in [3.05, 3.63) is 59.8 Å². The Morgan fingerprint density at radius 1 is 1.23 bits per heavy atom. The molecule has 3 heterocycles. The maximum Gasteiger partial charge on any atom is 0.251 e. The summed E-state index contributed by atoms with van der Waals surface area (Å²) in [6.45, 7) is 1.38. The Balaban J connectivity index is 1.33. The molecule has 6 nitrogen and oxygen atoms in total. The quantitative estimate of drug-likeness (QED) is 0.402. The van der Waals surface area contributed by atoms with Crippen LogP contribution < -0.4 is 4.73 Å². The number of nitrogens with zero attached hydrogens (tertiary/aromatic N) is 3. The molecular weight excluding hydrogens is 350 g/mol. The molecule has 1 amide bonds. The molecule has 7 heteroatoms. The van der Waals surface area contributed by atoms with Gasteiger partial charge in [0.05, 0.1) is 5.75 Å². The SMILES string of the molecule is O=C(CSc1cccc[n+]1[O-])N1CCC(c2nc3ccccc3o2)CC1. The average molecular weight is 369 g/mol. The van der Waals surface area contributed by atoms with E-state index in [1.807, 2.05) is 29.2 Å². The summed E-state index contributed by atoms with van der Waals surface area (Å²) in [6.07, 6.45) is 3.13. The van der Waals surface area contributed by atoms with Crippen LogP contribution in [0.1, 0.15) is 24.7 Å². The van der Waals surface area contributed by atoms with Crippen LogP contribution >= 0.6 is 11.8 Å². The fourth-order valence-electron chi connectivity index (χ4n) is 3.19. The normalized spacial score (nSPS) is 15.5. The fourth-order valence-corrected chi connectivity index (χ4v) is 4.01. The van der Waals surface area contributed by atoms with Gasteiger partial charge in [-0.1, -0.05) is 12.1 Å². The lowest BCUT2D eigenvalue weighted by atomic mass is 9.97.